The molecule has 7 nitrogen and oxygen atoms in total. The number of carbonyl (C=O) groups is 1. The lowest BCUT2D eigenvalue weighted by Gasteiger charge is -2.21. The molecule has 1 atom stereocenters. The van der Waals surface area contributed by atoms with Crippen LogP contribution in [0.25, 0.3) is 0 Å². The second-order valence-corrected chi connectivity index (χ2v) is 6.23. The number of urea groups is 1. The second kappa shape index (κ2) is 6.85. The van der Waals surface area contributed by atoms with Gasteiger partial charge in [-0.2, -0.15) is 5.10 Å². The zero-order chi connectivity index (χ0) is 17.1. The van der Waals surface area contributed by atoms with E-state index in [0.29, 0.717) is 18.3 Å². The lowest BCUT2D eigenvalue weighted by molar-refractivity contribution is 0.220. The fraction of sp³-hybridized carbons (Fsp3) is 0.562. The molecule has 1 unspecified atom stereocenters. The van der Waals surface area contributed by atoms with Gasteiger partial charge in [-0.1, -0.05) is 19.0 Å². The van der Waals surface area contributed by atoms with Gasteiger partial charge in [-0.15, -0.1) is 0 Å². The third-order valence-electron chi connectivity index (χ3n) is 4.18. The van der Waals surface area contributed by atoms with Gasteiger partial charge in [0.2, 0.25) is 0 Å². The molecule has 2 heterocycles. The molecule has 2 aromatic heterocycles. The first-order valence-corrected chi connectivity index (χ1v) is 7.78. The molecule has 2 rings (SSSR count). The molecule has 2 aromatic rings. The summed E-state index contributed by atoms with van der Waals surface area (Å²) in [6, 6.07) is 1.82. The number of rotatable bonds is 5. The maximum Gasteiger partial charge on any atom is 0.323 e. The summed E-state index contributed by atoms with van der Waals surface area (Å²) >= 11 is 0. The number of nitrogens with one attached hydrogen (secondary N) is 1. The molecule has 0 aliphatic rings. The summed E-state index contributed by atoms with van der Waals surface area (Å²) in [5, 5.41) is 11.1. The Morgan fingerprint density at radius 1 is 1.39 bits per heavy atom. The van der Waals surface area contributed by atoms with Crippen LogP contribution in [0.5, 0.6) is 0 Å². The number of aryl methyl sites for hydroxylation is 2. The van der Waals surface area contributed by atoms with Crippen molar-refractivity contribution in [3.63, 3.8) is 0 Å². The standard InChI is InChI=1S/C16H25N5O2/c1-10(2)12(4)21-15(7-8-17-21)18-16(22)20(6)9-14-11(3)19-23-13(14)5/h7-8,10,12H,9H2,1-6H3,(H,18,22). The van der Waals surface area contributed by atoms with Crippen LogP contribution in [0.2, 0.25) is 0 Å². The molecule has 7 heteroatoms. The number of anilines is 1. The SMILES string of the molecule is Cc1noc(C)c1CN(C)C(=O)Nc1ccnn1C(C)C(C)C. The van der Waals surface area contributed by atoms with E-state index >= 15 is 0 Å². The van der Waals surface area contributed by atoms with E-state index < -0.39 is 0 Å². The largest absolute Gasteiger partial charge is 0.361 e. The van der Waals surface area contributed by atoms with Crippen LogP contribution in [0.3, 0.4) is 0 Å². The number of amides is 2. The fourth-order valence-electron chi connectivity index (χ4n) is 2.26. The van der Waals surface area contributed by atoms with E-state index in [1.54, 1.807) is 24.2 Å². The Kier molecular flexibility index (Phi) is 5.08. The Labute approximate surface area is 136 Å². The summed E-state index contributed by atoms with van der Waals surface area (Å²) in [5.74, 6) is 1.85. The van der Waals surface area contributed by atoms with Gasteiger partial charge >= 0.3 is 6.03 Å². The van der Waals surface area contributed by atoms with Crippen LogP contribution in [0, 0.1) is 19.8 Å². The normalized spacial score (nSPS) is 12.5. The summed E-state index contributed by atoms with van der Waals surface area (Å²) in [5.41, 5.74) is 1.74. The van der Waals surface area contributed by atoms with E-state index in [0.717, 1.165) is 17.0 Å². The van der Waals surface area contributed by atoms with Gasteiger partial charge < -0.3 is 9.42 Å². The number of carbonyl (C=O) groups excluding carboxylic acids is 1. The summed E-state index contributed by atoms with van der Waals surface area (Å²) in [6.07, 6.45) is 1.70. The van der Waals surface area contributed by atoms with Crippen LogP contribution in [0.1, 0.15) is 43.8 Å². The lowest BCUT2D eigenvalue weighted by Crippen LogP contribution is -2.32. The van der Waals surface area contributed by atoms with Crippen LogP contribution in [-0.4, -0.2) is 32.9 Å². The molecule has 0 saturated heterocycles. The van der Waals surface area contributed by atoms with Gasteiger partial charge in [-0.25, -0.2) is 9.48 Å². The highest BCUT2D eigenvalue weighted by molar-refractivity contribution is 5.88. The van der Waals surface area contributed by atoms with Crippen LogP contribution < -0.4 is 5.32 Å². The average Bonchev–Trinajstić information content (AvgIpc) is 3.07. The predicted molar refractivity (Wildman–Crippen MR) is 88.2 cm³/mol. The Balaban J connectivity index is 2.06. The quantitative estimate of drug-likeness (QED) is 0.916. The monoisotopic (exact) mass is 319 g/mol. The van der Waals surface area contributed by atoms with E-state index in [1.807, 2.05) is 18.5 Å². The van der Waals surface area contributed by atoms with Crippen molar-refractivity contribution >= 4 is 11.8 Å². The highest BCUT2D eigenvalue weighted by Crippen LogP contribution is 2.21. The van der Waals surface area contributed by atoms with Crippen molar-refractivity contribution in [2.24, 2.45) is 5.92 Å². The van der Waals surface area contributed by atoms with E-state index in [-0.39, 0.29) is 12.1 Å². The molecule has 126 valence electrons. The zero-order valence-electron chi connectivity index (χ0n) is 14.6. The summed E-state index contributed by atoms with van der Waals surface area (Å²) in [4.78, 5) is 14.0. The second-order valence-electron chi connectivity index (χ2n) is 6.23. The van der Waals surface area contributed by atoms with Gasteiger partial charge in [-0.05, 0) is 26.7 Å². The van der Waals surface area contributed by atoms with Crippen LogP contribution in [0.15, 0.2) is 16.8 Å². The van der Waals surface area contributed by atoms with Crippen molar-refractivity contribution in [1.82, 2.24) is 19.8 Å². The maximum absolute atomic E-state index is 12.4. The van der Waals surface area contributed by atoms with E-state index in [2.05, 4.69) is 36.3 Å². The number of aromatic nitrogens is 3. The molecule has 2 amide bonds. The Bertz CT molecular complexity index is 654. The topological polar surface area (TPSA) is 76.2 Å². The van der Waals surface area contributed by atoms with Gasteiger partial charge in [0.05, 0.1) is 24.5 Å². The molecule has 23 heavy (non-hydrogen) atoms. The first-order valence-electron chi connectivity index (χ1n) is 7.78. The predicted octanol–water partition coefficient (Wildman–Crippen LogP) is 3.37. The van der Waals surface area contributed by atoms with Crippen LogP contribution in [-0.2, 0) is 6.54 Å². The maximum atomic E-state index is 12.4. The van der Waals surface area contributed by atoms with E-state index in [4.69, 9.17) is 4.52 Å². The minimum atomic E-state index is -0.192. The first kappa shape index (κ1) is 17.1. The number of hydrogen-bond donors (Lipinski definition) is 1. The molecule has 0 aliphatic carbocycles. The zero-order valence-corrected chi connectivity index (χ0v) is 14.6. The Morgan fingerprint density at radius 3 is 2.65 bits per heavy atom. The molecule has 0 aliphatic heterocycles. The van der Waals surface area contributed by atoms with Crippen LogP contribution in [0.4, 0.5) is 10.6 Å². The van der Waals surface area contributed by atoms with Crippen molar-refractivity contribution in [3.05, 3.63) is 29.3 Å². The van der Waals surface area contributed by atoms with Crippen molar-refractivity contribution in [3.8, 4) is 0 Å². The van der Waals surface area contributed by atoms with Crippen molar-refractivity contribution in [2.75, 3.05) is 12.4 Å². The van der Waals surface area contributed by atoms with Gasteiger partial charge in [0.15, 0.2) is 0 Å². The summed E-state index contributed by atoms with van der Waals surface area (Å²) in [7, 11) is 1.74. The van der Waals surface area contributed by atoms with Crippen LogP contribution >= 0.6 is 0 Å². The summed E-state index contributed by atoms with van der Waals surface area (Å²) in [6.45, 7) is 10.5. The first-order chi connectivity index (χ1) is 10.8. The number of nitrogens with zero attached hydrogens (tertiary/aromatic N) is 4. The Hall–Kier alpha value is -2.31. The molecular weight excluding hydrogens is 294 g/mol. The van der Waals surface area contributed by atoms with E-state index in [9.17, 15) is 4.79 Å². The average molecular weight is 319 g/mol. The van der Waals surface area contributed by atoms with Gasteiger partial charge in [0.25, 0.3) is 0 Å². The van der Waals surface area contributed by atoms with Gasteiger partial charge in [0.1, 0.15) is 11.6 Å². The molecule has 1 N–H and O–H groups in total. The molecular formula is C16H25N5O2. The highest BCUT2D eigenvalue weighted by atomic mass is 16.5. The van der Waals surface area contributed by atoms with Crippen molar-refractivity contribution < 1.29 is 9.32 Å². The van der Waals surface area contributed by atoms with Crippen molar-refractivity contribution in [1.29, 1.82) is 0 Å². The third kappa shape index (κ3) is 3.72. The van der Waals surface area contributed by atoms with Gasteiger partial charge in [0, 0.05) is 18.7 Å². The van der Waals surface area contributed by atoms with Crippen molar-refractivity contribution in [2.45, 2.75) is 47.2 Å². The fourth-order valence-corrected chi connectivity index (χ4v) is 2.26. The molecule has 0 radical (unpaired) electrons. The molecule has 0 spiro atoms. The van der Waals surface area contributed by atoms with Gasteiger partial charge in [-0.3, -0.25) is 5.32 Å². The smallest absolute Gasteiger partial charge is 0.323 e. The molecule has 0 bridgehead atoms. The summed E-state index contributed by atoms with van der Waals surface area (Å²) < 4.78 is 6.98. The minimum Gasteiger partial charge on any atom is -0.361 e. The molecule has 0 saturated carbocycles. The molecule has 0 fully saturated rings. The lowest BCUT2D eigenvalue weighted by atomic mass is 10.1. The minimum absolute atomic E-state index is 0.192. The number of hydrogen-bond acceptors (Lipinski definition) is 4. The third-order valence-corrected chi connectivity index (χ3v) is 4.18. The molecule has 0 aromatic carbocycles. The van der Waals surface area contributed by atoms with E-state index in [1.165, 1.54) is 0 Å². The Morgan fingerprint density at radius 2 is 2.09 bits per heavy atom. The highest BCUT2D eigenvalue weighted by Gasteiger charge is 2.19.